The molecule has 0 N–H and O–H groups in total. The zero-order valence-electron chi connectivity index (χ0n) is 7.82. The fraction of sp³-hybridized carbons (Fsp3) is 0. The molecule has 3 heteroatoms. The van der Waals surface area contributed by atoms with E-state index in [4.69, 9.17) is 5.26 Å². The first-order chi connectivity index (χ1) is 6.81. The summed E-state index contributed by atoms with van der Waals surface area (Å²) in [7, 11) is 2.06. The Morgan fingerprint density at radius 2 is 1.86 bits per heavy atom. The number of rotatable bonds is 1. The molecule has 0 spiro atoms. The highest BCUT2D eigenvalue weighted by Gasteiger charge is 2.04. The van der Waals surface area contributed by atoms with Gasteiger partial charge in [0, 0.05) is 0 Å². The number of benzene rings is 1. The first-order valence-corrected chi connectivity index (χ1v) is 5.24. The van der Waals surface area contributed by atoms with Gasteiger partial charge in [0.1, 0.15) is 13.9 Å². The summed E-state index contributed by atoms with van der Waals surface area (Å²) in [6.07, 6.45) is 0. The van der Waals surface area contributed by atoms with E-state index < -0.39 is 0 Å². The molecule has 0 unspecified atom stereocenters. The van der Waals surface area contributed by atoms with Gasteiger partial charge >= 0.3 is 0 Å². The molecule has 0 bridgehead atoms. The Morgan fingerprint density at radius 3 is 2.50 bits per heavy atom. The van der Waals surface area contributed by atoms with Crippen LogP contribution in [0.3, 0.4) is 0 Å². The van der Waals surface area contributed by atoms with Crippen molar-refractivity contribution in [3.8, 4) is 16.5 Å². The minimum atomic E-state index is 0.763. The minimum absolute atomic E-state index is 0.763. The SMILES string of the molecule is Bc1ccc(-c2sccc2C#N)cc1. The first kappa shape index (κ1) is 9.05. The Hall–Kier alpha value is -1.53. The molecule has 0 aliphatic rings. The molecule has 1 aromatic carbocycles. The monoisotopic (exact) mass is 197 g/mol. The van der Waals surface area contributed by atoms with Gasteiger partial charge in [0.25, 0.3) is 0 Å². The van der Waals surface area contributed by atoms with Gasteiger partial charge in [-0.1, -0.05) is 29.7 Å². The Balaban J connectivity index is 2.50. The molecular formula is C11H8BNS. The zero-order chi connectivity index (χ0) is 9.97. The second kappa shape index (κ2) is 3.69. The number of thiophene rings is 1. The molecule has 1 aromatic heterocycles. The number of nitrogens with zero attached hydrogens (tertiary/aromatic N) is 1. The lowest BCUT2D eigenvalue weighted by molar-refractivity contribution is 1.51. The fourth-order valence-electron chi connectivity index (χ4n) is 1.33. The number of hydrogen-bond donors (Lipinski definition) is 0. The van der Waals surface area contributed by atoms with Crippen molar-refractivity contribution in [1.29, 1.82) is 5.26 Å². The van der Waals surface area contributed by atoms with E-state index in [1.807, 2.05) is 11.4 Å². The van der Waals surface area contributed by atoms with Gasteiger partial charge in [0.05, 0.1) is 10.4 Å². The van der Waals surface area contributed by atoms with Crippen LogP contribution in [-0.2, 0) is 0 Å². The van der Waals surface area contributed by atoms with Crippen LogP contribution in [0.4, 0.5) is 0 Å². The standard InChI is InChI=1S/C11H8BNS/c12-10-3-1-8(2-4-10)11-9(7-13)5-6-14-11/h1-6H,12H2. The Bertz CT molecular complexity index is 479. The summed E-state index contributed by atoms with van der Waals surface area (Å²) < 4.78 is 0. The van der Waals surface area contributed by atoms with E-state index in [1.165, 1.54) is 5.46 Å². The van der Waals surface area contributed by atoms with E-state index in [1.54, 1.807) is 11.3 Å². The molecule has 2 rings (SSSR count). The molecule has 0 radical (unpaired) electrons. The van der Waals surface area contributed by atoms with Crippen molar-refractivity contribution in [2.45, 2.75) is 0 Å². The molecule has 0 aliphatic heterocycles. The molecule has 0 aliphatic carbocycles. The van der Waals surface area contributed by atoms with E-state index in [-0.39, 0.29) is 0 Å². The predicted molar refractivity (Wildman–Crippen MR) is 62.6 cm³/mol. The van der Waals surface area contributed by atoms with Crippen LogP contribution >= 0.6 is 11.3 Å². The molecule has 2 aromatic rings. The van der Waals surface area contributed by atoms with E-state index in [0.29, 0.717) is 0 Å². The topological polar surface area (TPSA) is 23.8 Å². The van der Waals surface area contributed by atoms with Crippen molar-refractivity contribution in [3.63, 3.8) is 0 Å². The Morgan fingerprint density at radius 1 is 1.14 bits per heavy atom. The Labute approximate surface area is 88.0 Å². The van der Waals surface area contributed by atoms with Crippen molar-refractivity contribution < 1.29 is 0 Å². The quantitative estimate of drug-likeness (QED) is 0.636. The molecule has 0 atom stereocenters. The molecule has 66 valence electrons. The fourth-order valence-corrected chi connectivity index (χ4v) is 2.18. The average molecular weight is 197 g/mol. The maximum Gasteiger partial charge on any atom is 0.139 e. The van der Waals surface area contributed by atoms with Gasteiger partial charge in [-0.25, -0.2) is 0 Å². The molecule has 1 nitrogen and oxygen atoms in total. The van der Waals surface area contributed by atoms with Crippen LogP contribution in [-0.4, -0.2) is 7.85 Å². The first-order valence-electron chi connectivity index (χ1n) is 4.36. The number of hydrogen-bond acceptors (Lipinski definition) is 2. The van der Waals surface area contributed by atoms with Crippen molar-refractivity contribution in [2.24, 2.45) is 0 Å². The van der Waals surface area contributed by atoms with E-state index in [2.05, 4.69) is 38.2 Å². The lowest BCUT2D eigenvalue weighted by atomic mass is 9.95. The van der Waals surface area contributed by atoms with Gasteiger partial charge in [0.2, 0.25) is 0 Å². The smallest absolute Gasteiger partial charge is 0.139 e. The maximum atomic E-state index is 8.88. The van der Waals surface area contributed by atoms with Gasteiger partial charge in [0.15, 0.2) is 0 Å². The average Bonchev–Trinajstić information content (AvgIpc) is 2.67. The van der Waals surface area contributed by atoms with Gasteiger partial charge in [-0.05, 0) is 17.0 Å². The van der Waals surface area contributed by atoms with E-state index in [0.717, 1.165) is 16.0 Å². The van der Waals surface area contributed by atoms with Crippen molar-refractivity contribution in [3.05, 3.63) is 41.3 Å². The number of nitriles is 1. The third-order valence-electron chi connectivity index (χ3n) is 2.10. The van der Waals surface area contributed by atoms with Crippen LogP contribution in [0.1, 0.15) is 5.56 Å². The van der Waals surface area contributed by atoms with E-state index >= 15 is 0 Å². The summed E-state index contributed by atoms with van der Waals surface area (Å²) in [6.45, 7) is 0. The second-order valence-electron chi connectivity index (χ2n) is 3.14. The van der Waals surface area contributed by atoms with Crippen molar-refractivity contribution in [1.82, 2.24) is 0 Å². The highest BCUT2D eigenvalue weighted by molar-refractivity contribution is 7.13. The zero-order valence-corrected chi connectivity index (χ0v) is 8.64. The van der Waals surface area contributed by atoms with Crippen molar-refractivity contribution >= 4 is 24.6 Å². The summed E-state index contributed by atoms with van der Waals surface area (Å²) >= 11 is 1.61. The van der Waals surface area contributed by atoms with Gasteiger partial charge in [-0.15, -0.1) is 11.3 Å². The largest absolute Gasteiger partial charge is 0.192 e. The Kier molecular flexibility index (Phi) is 2.38. The van der Waals surface area contributed by atoms with Gasteiger partial charge in [-0.3, -0.25) is 0 Å². The third kappa shape index (κ3) is 1.57. The molecule has 0 fully saturated rings. The normalized spacial score (nSPS) is 9.64. The van der Waals surface area contributed by atoms with Crippen LogP contribution < -0.4 is 5.46 Å². The summed E-state index contributed by atoms with van der Waals surface area (Å²) in [5.41, 5.74) is 3.13. The summed E-state index contributed by atoms with van der Waals surface area (Å²) in [6, 6.07) is 12.3. The van der Waals surface area contributed by atoms with Crippen molar-refractivity contribution in [2.75, 3.05) is 0 Å². The highest BCUT2D eigenvalue weighted by Crippen LogP contribution is 2.28. The summed E-state index contributed by atoms with van der Waals surface area (Å²) in [4.78, 5) is 1.06. The molecule has 14 heavy (non-hydrogen) atoms. The lowest BCUT2D eigenvalue weighted by Gasteiger charge is -1.98. The highest BCUT2D eigenvalue weighted by atomic mass is 32.1. The molecule has 0 saturated heterocycles. The van der Waals surface area contributed by atoms with Gasteiger partial charge < -0.3 is 0 Å². The van der Waals surface area contributed by atoms with E-state index in [9.17, 15) is 0 Å². The second-order valence-corrected chi connectivity index (χ2v) is 4.06. The third-order valence-corrected chi connectivity index (χ3v) is 3.06. The molecule has 0 saturated carbocycles. The summed E-state index contributed by atoms with van der Waals surface area (Å²) in [5, 5.41) is 10.8. The van der Waals surface area contributed by atoms with Gasteiger partial charge in [-0.2, -0.15) is 5.26 Å². The minimum Gasteiger partial charge on any atom is -0.192 e. The van der Waals surface area contributed by atoms with Crippen LogP contribution in [0, 0.1) is 11.3 Å². The van der Waals surface area contributed by atoms with Crippen LogP contribution in [0.15, 0.2) is 35.7 Å². The van der Waals surface area contributed by atoms with Crippen LogP contribution in [0.5, 0.6) is 0 Å². The lowest BCUT2D eigenvalue weighted by Crippen LogP contribution is -1.98. The summed E-state index contributed by atoms with van der Waals surface area (Å²) in [5.74, 6) is 0. The predicted octanol–water partition coefficient (Wildman–Crippen LogP) is 1.55. The molecular weight excluding hydrogens is 189 g/mol. The molecule has 0 amide bonds. The van der Waals surface area contributed by atoms with Crippen LogP contribution in [0.25, 0.3) is 10.4 Å². The maximum absolute atomic E-state index is 8.88. The molecule has 1 heterocycles. The van der Waals surface area contributed by atoms with Crippen LogP contribution in [0.2, 0.25) is 0 Å².